The van der Waals surface area contributed by atoms with Crippen LogP contribution in [-0.4, -0.2) is 72.2 Å². The summed E-state index contributed by atoms with van der Waals surface area (Å²) in [6.45, 7) is 9.36. The lowest BCUT2D eigenvalue weighted by Gasteiger charge is -2.39. The number of anilines is 1. The van der Waals surface area contributed by atoms with Crippen molar-refractivity contribution >= 4 is 30.8 Å². The molecule has 2 aliphatic rings. The minimum Gasteiger partial charge on any atom is -0.497 e. The molecule has 11 heteroatoms. The highest BCUT2D eigenvalue weighted by atomic mass is 28.3. The van der Waals surface area contributed by atoms with Crippen molar-refractivity contribution in [1.29, 1.82) is 0 Å². The lowest BCUT2D eigenvalue weighted by molar-refractivity contribution is -0.153. The van der Waals surface area contributed by atoms with Gasteiger partial charge in [-0.1, -0.05) is 54.7 Å². The normalized spacial score (nSPS) is 23.5. The van der Waals surface area contributed by atoms with E-state index in [1.54, 1.807) is 7.11 Å². The van der Waals surface area contributed by atoms with Crippen molar-refractivity contribution in [1.82, 2.24) is 15.0 Å². The highest BCUT2D eigenvalue weighted by molar-refractivity contribution is 6.91. The number of aliphatic hydroxyl groups is 1. The van der Waals surface area contributed by atoms with Gasteiger partial charge in [-0.2, -0.15) is 0 Å². The first kappa shape index (κ1) is 31.9. The summed E-state index contributed by atoms with van der Waals surface area (Å²) in [5, 5.41) is 19.1. The van der Waals surface area contributed by atoms with E-state index in [9.17, 15) is 14.7 Å². The average molecular weight is 621 g/mol. The zero-order chi connectivity index (χ0) is 31.4. The molecular formula is C33H44N4O6Si. The topological polar surface area (TPSA) is 116 Å². The number of carbonyl (C=O) groups is 2. The minimum absolute atomic E-state index is 0.0478. The van der Waals surface area contributed by atoms with Crippen molar-refractivity contribution < 1.29 is 28.9 Å². The number of rotatable bonds is 13. The van der Waals surface area contributed by atoms with Crippen molar-refractivity contribution in [3.63, 3.8) is 0 Å². The SMILES string of the molecule is COc1ccc([Si](C)(C)[C@H]2[C@H](C)[C@H](CCc3ccc(N4C(=O)CC4OC(C)=O)cc3)O[C@@H]2CCn2cc(CCO)nn2)cc1. The molecule has 2 aromatic carbocycles. The van der Waals surface area contributed by atoms with Crippen molar-refractivity contribution in [3.8, 4) is 5.75 Å². The Morgan fingerprint density at radius 3 is 2.43 bits per heavy atom. The number of carbonyl (C=O) groups excluding carboxylic acids is 2. The quantitative estimate of drug-likeness (QED) is 0.174. The van der Waals surface area contributed by atoms with Gasteiger partial charge < -0.3 is 19.3 Å². The molecule has 0 bridgehead atoms. The second-order valence-electron chi connectivity index (χ2n) is 12.5. The van der Waals surface area contributed by atoms with Crippen LogP contribution in [0.3, 0.4) is 0 Å². The number of amides is 1. The molecule has 0 radical (unpaired) electrons. The Bertz CT molecular complexity index is 1430. The monoisotopic (exact) mass is 620 g/mol. The van der Waals surface area contributed by atoms with Crippen molar-refractivity contribution in [2.75, 3.05) is 18.6 Å². The molecule has 5 rings (SSSR count). The molecule has 1 N–H and O–H groups in total. The number of benzene rings is 2. The molecule has 2 saturated heterocycles. The molecule has 2 fully saturated rings. The number of hydrogen-bond donors (Lipinski definition) is 1. The van der Waals surface area contributed by atoms with Gasteiger partial charge in [-0.3, -0.25) is 19.2 Å². The van der Waals surface area contributed by atoms with E-state index < -0.39 is 20.3 Å². The molecule has 0 aliphatic carbocycles. The number of esters is 1. The molecule has 2 aliphatic heterocycles. The van der Waals surface area contributed by atoms with Gasteiger partial charge in [-0.05, 0) is 60.6 Å². The molecular weight excluding hydrogens is 576 g/mol. The summed E-state index contributed by atoms with van der Waals surface area (Å²) in [7, 11) is -0.286. The van der Waals surface area contributed by atoms with Gasteiger partial charge in [0, 0.05) is 38.4 Å². The van der Waals surface area contributed by atoms with Crippen LogP contribution in [0, 0.1) is 5.92 Å². The molecule has 236 valence electrons. The molecule has 5 atom stereocenters. The third kappa shape index (κ3) is 6.90. The largest absolute Gasteiger partial charge is 0.497 e. The zero-order valence-electron chi connectivity index (χ0n) is 26.3. The van der Waals surface area contributed by atoms with Gasteiger partial charge in [0.15, 0.2) is 6.23 Å². The van der Waals surface area contributed by atoms with E-state index in [0.717, 1.165) is 36.4 Å². The summed E-state index contributed by atoms with van der Waals surface area (Å²) >= 11 is 0. The predicted octanol–water partition coefficient (Wildman–Crippen LogP) is 3.86. The number of aliphatic hydroxyl groups excluding tert-OH is 1. The first-order valence-corrected chi connectivity index (χ1v) is 18.6. The van der Waals surface area contributed by atoms with E-state index in [0.29, 0.717) is 24.4 Å². The third-order valence-corrected chi connectivity index (χ3v) is 13.7. The van der Waals surface area contributed by atoms with E-state index in [2.05, 4.69) is 54.6 Å². The van der Waals surface area contributed by atoms with Gasteiger partial charge in [-0.25, -0.2) is 0 Å². The Morgan fingerprint density at radius 2 is 1.80 bits per heavy atom. The molecule has 1 unspecified atom stereocenters. The van der Waals surface area contributed by atoms with Crippen LogP contribution >= 0.6 is 0 Å². The Kier molecular flexibility index (Phi) is 9.86. The summed E-state index contributed by atoms with van der Waals surface area (Å²) in [5.41, 5.74) is 3.11. The average Bonchev–Trinajstić information content (AvgIpc) is 3.58. The van der Waals surface area contributed by atoms with Gasteiger partial charge in [0.1, 0.15) is 5.75 Å². The Balaban J connectivity index is 1.28. The first-order chi connectivity index (χ1) is 21.1. The fraction of sp³-hybridized carbons (Fsp3) is 0.515. The van der Waals surface area contributed by atoms with Gasteiger partial charge in [0.2, 0.25) is 5.91 Å². The maximum atomic E-state index is 12.2. The highest BCUT2D eigenvalue weighted by Crippen LogP contribution is 2.46. The third-order valence-electron chi connectivity index (χ3n) is 9.31. The van der Waals surface area contributed by atoms with Crippen molar-refractivity contribution in [2.24, 2.45) is 5.92 Å². The minimum atomic E-state index is -1.98. The summed E-state index contributed by atoms with van der Waals surface area (Å²) in [4.78, 5) is 25.1. The lowest BCUT2D eigenvalue weighted by atomic mass is 9.95. The number of β-lactam (4-membered cyclic amide) rings is 1. The number of hydrogen-bond acceptors (Lipinski definition) is 8. The summed E-state index contributed by atoms with van der Waals surface area (Å²) in [6.07, 6.45) is 4.89. The molecule has 3 aromatic rings. The molecule has 0 spiro atoms. The molecule has 0 saturated carbocycles. The first-order valence-electron chi connectivity index (χ1n) is 15.5. The summed E-state index contributed by atoms with van der Waals surface area (Å²) < 4.78 is 19.4. The molecule has 1 aromatic heterocycles. The van der Waals surface area contributed by atoms with E-state index in [4.69, 9.17) is 14.2 Å². The molecule has 44 heavy (non-hydrogen) atoms. The second-order valence-corrected chi connectivity index (χ2v) is 17.2. The second kappa shape index (κ2) is 13.6. The summed E-state index contributed by atoms with van der Waals surface area (Å²) in [6, 6.07) is 16.5. The number of nitrogens with zero attached hydrogens (tertiary/aromatic N) is 4. The maximum Gasteiger partial charge on any atom is 0.304 e. The number of ether oxygens (including phenoxy) is 3. The van der Waals surface area contributed by atoms with Gasteiger partial charge in [0.05, 0.1) is 39.5 Å². The number of methoxy groups -OCH3 is 1. The Labute approximate surface area is 260 Å². The molecule has 1 amide bonds. The van der Waals surface area contributed by atoms with E-state index in [1.165, 1.54) is 22.6 Å². The fourth-order valence-electron chi connectivity index (χ4n) is 6.97. The van der Waals surface area contributed by atoms with E-state index in [1.807, 2.05) is 35.1 Å². The van der Waals surface area contributed by atoms with Crippen LogP contribution in [0.1, 0.15) is 44.4 Å². The predicted molar refractivity (Wildman–Crippen MR) is 170 cm³/mol. The van der Waals surface area contributed by atoms with Gasteiger partial charge >= 0.3 is 5.97 Å². The van der Waals surface area contributed by atoms with Crippen LogP contribution in [0.15, 0.2) is 54.7 Å². The van der Waals surface area contributed by atoms with Crippen LogP contribution in [0.5, 0.6) is 5.75 Å². The van der Waals surface area contributed by atoms with Crippen molar-refractivity contribution in [2.45, 2.75) is 89.6 Å². The zero-order valence-corrected chi connectivity index (χ0v) is 27.3. The van der Waals surface area contributed by atoms with Crippen LogP contribution < -0.4 is 14.8 Å². The summed E-state index contributed by atoms with van der Waals surface area (Å²) in [5.74, 6) is 0.790. The van der Waals surface area contributed by atoms with E-state index in [-0.39, 0.29) is 31.1 Å². The van der Waals surface area contributed by atoms with Crippen LogP contribution in [0.4, 0.5) is 5.69 Å². The smallest absolute Gasteiger partial charge is 0.304 e. The van der Waals surface area contributed by atoms with E-state index >= 15 is 0 Å². The maximum absolute atomic E-state index is 12.2. The van der Waals surface area contributed by atoms with Crippen LogP contribution in [-0.2, 0) is 38.4 Å². The van der Waals surface area contributed by atoms with Crippen LogP contribution in [0.2, 0.25) is 18.6 Å². The highest BCUT2D eigenvalue weighted by Gasteiger charge is 2.50. The molecule has 3 heterocycles. The standard InChI is InChI=1S/C33H44N4O6Si/c1-22-29(15-8-24-6-9-26(10-7-24)37-31(40)20-32(37)42-23(2)39)43-30(16-18-36-21-25(17-19-38)34-35-36)33(22)44(4,5)28-13-11-27(41-3)12-14-28/h6-7,9-14,21-22,29-30,32-33,38H,8,15-20H2,1-5H3/t22-,29+,30-,32?,33+/m1/s1. The van der Waals surface area contributed by atoms with Gasteiger partial charge in [0.25, 0.3) is 0 Å². The number of aromatic nitrogens is 3. The number of aryl methyl sites for hydroxylation is 2. The Morgan fingerprint density at radius 1 is 1.07 bits per heavy atom. The van der Waals surface area contributed by atoms with Gasteiger partial charge in [-0.15, -0.1) is 5.10 Å². The van der Waals surface area contributed by atoms with Crippen molar-refractivity contribution in [3.05, 3.63) is 66.0 Å². The van der Waals surface area contributed by atoms with Crippen LogP contribution in [0.25, 0.3) is 0 Å². The Hall–Kier alpha value is -3.54. The lowest BCUT2D eigenvalue weighted by Crippen LogP contribution is -2.54. The molecule has 10 nitrogen and oxygen atoms in total. The fourth-order valence-corrected chi connectivity index (χ4v) is 11.1.